The van der Waals surface area contributed by atoms with Crippen LogP contribution < -0.4 is 11.0 Å². The van der Waals surface area contributed by atoms with Crippen LogP contribution >= 0.6 is 0 Å². The molecule has 30 heavy (non-hydrogen) atoms. The number of nitrogens with zero attached hydrogens (tertiary/aromatic N) is 4. The van der Waals surface area contributed by atoms with Crippen LogP contribution in [0, 0.1) is 0 Å². The number of aromatic nitrogens is 4. The van der Waals surface area contributed by atoms with Gasteiger partial charge in [0.2, 0.25) is 5.95 Å². The van der Waals surface area contributed by atoms with Gasteiger partial charge in [-0.3, -0.25) is 9.36 Å². The minimum Gasteiger partial charge on any atom is -0.394 e. The van der Waals surface area contributed by atoms with Crippen LogP contribution in [-0.2, 0) is 4.74 Å². The molecule has 1 aliphatic rings. The summed E-state index contributed by atoms with van der Waals surface area (Å²) in [6.07, 6.45) is 1.45. The van der Waals surface area contributed by atoms with Crippen molar-refractivity contribution in [2.24, 2.45) is 5.10 Å². The number of fused-ring (bicyclic) bond motifs is 1. The third-order valence-corrected chi connectivity index (χ3v) is 4.67. The van der Waals surface area contributed by atoms with E-state index in [0.29, 0.717) is 0 Å². The van der Waals surface area contributed by atoms with Crippen molar-refractivity contribution in [1.82, 2.24) is 19.5 Å². The molecule has 156 valence electrons. The van der Waals surface area contributed by atoms with Gasteiger partial charge in [0.25, 0.3) is 5.56 Å². The van der Waals surface area contributed by atoms with Crippen LogP contribution in [0.25, 0.3) is 17.2 Å². The van der Waals surface area contributed by atoms with Gasteiger partial charge in [-0.15, -0.1) is 0 Å². The van der Waals surface area contributed by atoms with Crippen molar-refractivity contribution in [3.63, 3.8) is 0 Å². The smallest absolute Gasteiger partial charge is 0.278 e. The highest BCUT2D eigenvalue weighted by Gasteiger charge is 2.45. The predicted molar refractivity (Wildman–Crippen MR) is 109 cm³/mol. The molecule has 1 aromatic carbocycles. The lowest BCUT2D eigenvalue weighted by atomic mass is 10.1. The molecule has 0 radical (unpaired) electrons. The number of nitrogens with one attached hydrogen (secondary N) is 2. The number of hydrogen-bond donors (Lipinski definition) is 5. The van der Waals surface area contributed by atoms with E-state index >= 15 is 0 Å². The Bertz CT molecular complexity index is 1130. The van der Waals surface area contributed by atoms with Crippen molar-refractivity contribution >= 4 is 29.4 Å². The Morgan fingerprint density at radius 2 is 2.07 bits per heavy atom. The van der Waals surface area contributed by atoms with Crippen LogP contribution in [0.1, 0.15) is 11.8 Å². The van der Waals surface area contributed by atoms with Crippen LogP contribution in [0.4, 0.5) is 5.95 Å². The number of ether oxygens (including phenoxy) is 1. The van der Waals surface area contributed by atoms with Crippen LogP contribution in [0.5, 0.6) is 0 Å². The van der Waals surface area contributed by atoms with E-state index in [-0.39, 0.29) is 17.1 Å². The fourth-order valence-corrected chi connectivity index (χ4v) is 3.19. The number of anilines is 1. The van der Waals surface area contributed by atoms with Crippen molar-refractivity contribution in [1.29, 1.82) is 0 Å². The van der Waals surface area contributed by atoms with E-state index in [1.54, 1.807) is 6.08 Å². The van der Waals surface area contributed by atoms with E-state index < -0.39 is 36.7 Å². The molecule has 0 amide bonds. The van der Waals surface area contributed by atoms with Gasteiger partial charge in [0.1, 0.15) is 18.3 Å². The minimum atomic E-state index is -1.37. The summed E-state index contributed by atoms with van der Waals surface area (Å²) in [5.74, 6) is 0.0772. The second-order valence-electron chi connectivity index (χ2n) is 6.60. The van der Waals surface area contributed by atoms with E-state index in [4.69, 9.17) is 4.74 Å². The summed E-state index contributed by atoms with van der Waals surface area (Å²) < 4.78 is 6.89. The number of benzene rings is 1. The number of imidazole rings is 1. The molecule has 3 heterocycles. The van der Waals surface area contributed by atoms with Crippen LogP contribution in [0.2, 0.25) is 0 Å². The maximum atomic E-state index is 12.1. The number of allylic oxidation sites excluding steroid dienone is 1. The Hall–Kier alpha value is -3.38. The zero-order valence-electron chi connectivity index (χ0n) is 15.7. The highest BCUT2D eigenvalue weighted by atomic mass is 16.6. The van der Waals surface area contributed by atoms with Crippen molar-refractivity contribution < 1.29 is 20.1 Å². The Labute approximate surface area is 170 Å². The summed E-state index contributed by atoms with van der Waals surface area (Å²) in [4.78, 5) is 22.8. The largest absolute Gasteiger partial charge is 0.394 e. The van der Waals surface area contributed by atoms with Crippen molar-refractivity contribution in [2.75, 3.05) is 12.0 Å². The SMILES string of the molecule is O=c1[nH]cnc2c1nc(N/N=C/C=C/c1ccccc1)n2[C@@H]1O[C@H](CO)[C@@H](O)[C@H]1O. The molecule has 0 bridgehead atoms. The van der Waals surface area contributed by atoms with Crippen LogP contribution in [0.3, 0.4) is 0 Å². The molecule has 4 rings (SSSR count). The summed E-state index contributed by atoms with van der Waals surface area (Å²) in [5.41, 5.74) is 3.36. The summed E-state index contributed by atoms with van der Waals surface area (Å²) in [6, 6.07) is 9.64. The molecule has 11 nitrogen and oxygen atoms in total. The fourth-order valence-electron chi connectivity index (χ4n) is 3.19. The molecule has 0 saturated carbocycles. The summed E-state index contributed by atoms with van der Waals surface area (Å²) >= 11 is 0. The molecule has 1 aliphatic heterocycles. The standard InChI is InChI=1S/C19H20N6O5/c26-9-12-14(27)15(28)18(30-12)25-16-13(17(29)21-10-20-16)23-19(25)24-22-8-4-7-11-5-2-1-3-6-11/h1-8,10,12,14-15,18,26-28H,9H2,(H,23,24)(H,20,21,29)/b7-4+,22-8+/t12-,14-,15-,18-/m1/s1. The normalized spacial score (nSPS) is 24.4. The molecule has 5 N–H and O–H groups in total. The van der Waals surface area contributed by atoms with Crippen LogP contribution in [-0.4, -0.2) is 66.0 Å². The van der Waals surface area contributed by atoms with Crippen LogP contribution in [0.15, 0.2) is 52.6 Å². The van der Waals surface area contributed by atoms with Gasteiger partial charge in [0.05, 0.1) is 12.9 Å². The molecular weight excluding hydrogens is 392 g/mol. The maximum absolute atomic E-state index is 12.1. The number of hydrogen-bond acceptors (Lipinski definition) is 9. The molecule has 3 aromatic rings. The Balaban J connectivity index is 1.64. The molecule has 1 saturated heterocycles. The average Bonchev–Trinajstić information content (AvgIpc) is 3.26. The first-order valence-electron chi connectivity index (χ1n) is 9.19. The molecule has 4 atom stereocenters. The van der Waals surface area contributed by atoms with Gasteiger partial charge >= 0.3 is 0 Å². The topological polar surface area (TPSA) is 158 Å². The number of aliphatic hydroxyl groups is 3. The second-order valence-corrected chi connectivity index (χ2v) is 6.60. The third-order valence-electron chi connectivity index (χ3n) is 4.67. The molecule has 0 spiro atoms. The zero-order chi connectivity index (χ0) is 21.1. The lowest BCUT2D eigenvalue weighted by Crippen LogP contribution is -2.33. The first-order valence-corrected chi connectivity index (χ1v) is 9.19. The minimum absolute atomic E-state index is 0.00719. The summed E-state index contributed by atoms with van der Waals surface area (Å²) in [6.45, 7) is -0.486. The Morgan fingerprint density at radius 1 is 1.27 bits per heavy atom. The summed E-state index contributed by atoms with van der Waals surface area (Å²) in [7, 11) is 0. The predicted octanol–water partition coefficient (Wildman–Crippen LogP) is -0.158. The van der Waals surface area contributed by atoms with E-state index in [1.165, 1.54) is 17.1 Å². The fraction of sp³-hybridized carbons (Fsp3) is 0.263. The van der Waals surface area contributed by atoms with E-state index in [9.17, 15) is 20.1 Å². The first-order chi connectivity index (χ1) is 14.6. The second kappa shape index (κ2) is 8.55. The third kappa shape index (κ3) is 3.74. The van der Waals surface area contributed by atoms with E-state index in [2.05, 4.69) is 25.5 Å². The first kappa shape index (κ1) is 19.9. The highest BCUT2D eigenvalue weighted by Crippen LogP contribution is 2.33. The monoisotopic (exact) mass is 412 g/mol. The number of aliphatic hydroxyl groups excluding tert-OH is 3. The van der Waals surface area contributed by atoms with E-state index in [0.717, 1.165) is 5.56 Å². The molecule has 0 aliphatic carbocycles. The average molecular weight is 412 g/mol. The van der Waals surface area contributed by atoms with Gasteiger partial charge in [-0.2, -0.15) is 5.10 Å². The quantitative estimate of drug-likeness (QED) is 0.276. The van der Waals surface area contributed by atoms with Gasteiger partial charge < -0.3 is 25.0 Å². The zero-order valence-corrected chi connectivity index (χ0v) is 15.7. The number of rotatable bonds is 6. The maximum Gasteiger partial charge on any atom is 0.278 e. The van der Waals surface area contributed by atoms with Gasteiger partial charge in [0.15, 0.2) is 17.4 Å². The molecule has 0 unspecified atom stereocenters. The van der Waals surface area contributed by atoms with Gasteiger partial charge in [-0.25, -0.2) is 15.4 Å². The summed E-state index contributed by atoms with van der Waals surface area (Å²) in [5, 5.41) is 33.9. The lowest BCUT2D eigenvalue weighted by molar-refractivity contribution is -0.0501. The van der Waals surface area contributed by atoms with Crippen molar-refractivity contribution in [3.8, 4) is 0 Å². The van der Waals surface area contributed by atoms with Crippen molar-refractivity contribution in [3.05, 3.63) is 58.7 Å². The van der Waals surface area contributed by atoms with Gasteiger partial charge in [-0.05, 0) is 11.6 Å². The number of H-pyrrole nitrogens is 1. The highest BCUT2D eigenvalue weighted by molar-refractivity contribution is 5.79. The molecule has 1 fully saturated rings. The molecular formula is C19H20N6O5. The Morgan fingerprint density at radius 3 is 2.80 bits per heavy atom. The molecule has 11 heteroatoms. The van der Waals surface area contributed by atoms with Crippen molar-refractivity contribution in [2.45, 2.75) is 24.5 Å². The number of aromatic amines is 1. The molecule has 2 aromatic heterocycles. The Kier molecular flexibility index (Phi) is 5.68. The van der Waals surface area contributed by atoms with E-state index in [1.807, 2.05) is 36.4 Å². The number of hydrazone groups is 1. The lowest BCUT2D eigenvalue weighted by Gasteiger charge is -2.18. The van der Waals surface area contributed by atoms with Gasteiger partial charge in [-0.1, -0.05) is 36.4 Å². The van der Waals surface area contributed by atoms with Gasteiger partial charge in [0, 0.05) is 6.21 Å².